The highest BCUT2D eigenvalue weighted by atomic mass is 16.3. The van der Waals surface area contributed by atoms with E-state index in [0.717, 1.165) is 45.7 Å². The molecule has 4 fully saturated rings. The Labute approximate surface area is 181 Å². The fourth-order valence-electron chi connectivity index (χ4n) is 5.50. The molecule has 4 saturated heterocycles. The molecule has 6 rings (SSSR count). The first kappa shape index (κ1) is 21.4. The molecule has 1 aromatic carbocycles. The molecule has 166 valence electrons. The highest BCUT2D eigenvalue weighted by Crippen LogP contribution is 2.43. The van der Waals surface area contributed by atoms with Gasteiger partial charge in [-0.15, -0.1) is 5.10 Å². The number of nitrogens with one attached hydrogen (secondary N) is 1. The standard InChI is InChI=1S/C20H27N7O.CH2O2/c28-18(7-4-8-27-15-21-23-24-27)22-19-16-11-25-9-10-26(12-16)14-20(19,13-25)17-5-2-1-3-6-17;2-1-3/h1-3,5-6,15-16,19H,4,7-14H2,(H,22,28);1H,(H,2,3). The maximum atomic E-state index is 12.8. The van der Waals surface area contributed by atoms with E-state index in [-0.39, 0.29) is 23.8 Å². The fraction of sp³-hybridized carbons (Fsp3) is 0.571. The second-order valence-electron chi connectivity index (χ2n) is 8.58. The van der Waals surface area contributed by atoms with Crippen molar-refractivity contribution >= 4 is 12.4 Å². The van der Waals surface area contributed by atoms with Crippen LogP contribution >= 0.6 is 0 Å². The van der Waals surface area contributed by atoms with Crippen LogP contribution in [-0.2, 0) is 21.5 Å². The smallest absolute Gasteiger partial charge is 0.290 e. The highest BCUT2D eigenvalue weighted by Gasteiger charge is 2.55. The number of aromatic nitrogens is 4. The Morgan fingerprint density at radius 2 is 1.87 bits per heavy atom. The van der Waals surface area contributed by atoms with Gasteiger partial charge in [0, 0.05) is 69.6 Å². The Bertz CT molecular complexity index is 845. The molecular weight excluding hydrogens is 398 g/mol. The van der Waals surface area contributed by atoms with Crippen LogP contribution in [0.5, 0.6) is 0 Å². The van der Waals surface area contributed by atoms with Gasteiger partial charge in [0.1, 0.15) is 6.33 Å². The van der Waals surface area contributed by atoms with Crippen LogP contribution in [0, 0.1) is 5.92 Å². The van der Waals surface area contributed by atoms with E-state index >= 15 is 0 Å². The molecule has 4 aliphatic heterocycles. The summed E-state index contributed by atoms with van der Waals surface area (Å²) >= 11 is 0. The zero-order chi connectivity index (χ0) is 21.7. The summed E-state index contributed by atoms with van der Waals surface area (Å²) in [6.45, 7) is 6.91. The van der Waals surface area contributed by atoms with Crippen LogP contribution in [0.4, 0.5) is 0 Å². The Morgan fingerprint density at radius 1 is 1.19 bits per heavy atom. The van der Waals surface area contributed by atoms with Crippen LogP contribution in [0.2, 0.25) is 0 Å². The number of nitrogens with zero attached hydrogens (tertiary/aromatic N) is 6. The first-order valence-corrected chi connectivity index (χ1v) is 10.7. The van der Waals surface area contributed by atoms with E-state index in [1.165, 1.54) is 5.56 Å². The number of aryl methyl sites for hydroxylation is 1. The van der Waals surface area contributed by atoms with Gasteiger partial charge in [0.15, 0.2) is 0 Å². The van der Waals surface area contributed by atoms with Gasteiger partial charge in [-0.25, -0.2) is 4.68 Å². The molecule has 0 saturated carbocycles. The van der Waals surface area contributed by atoms with E-state index in [2.05, 4.69) is 61.0 Å². The van der Waals surface area contributed by atoms with Crippen LogP contribution in [0.1, 0.15) is 18.4 Å². The van der Waals surface area contributed by atoms with Gasteiger partial charge in [-0.05, 0) is 22.4 Å². The second-order valence-corrected chi connectivity index (χ2v) is 8.58. The van der Waals surface area contributed by atoms with Crippen molar-refractivity contribution in [3.63, 3.8) is 0 Å². The number of rotatable bonds is 6. The van der Waals surface area contributed by atoms with Crippen molar-refractivity contribution in [1.29, 1.82) is 0 Å². The monoisotopic (exact) mass is 427 g/mol. The van der Waals surface area contributed by atoms with Crippen molar-refractivity contribution < 1.29 is 14.7 Å². The summed E-state index contributed by atoms with van der Waals surface area (Å²) in [7, 11) is 0. The average molecular weight is 428 g/mol. The Hall–Kier alpha value is -2.85. The van der Waals surface area contributed by atoms with Gasteiger partial charge < -0.3 is 20.2 Å². The number of tetrazole rings is 1. The van der Waals surface area contributed by atoms with Crippen molar-refractivity contribution in [2.75, 3.05) is 39.3 Å². The normalized spacial score (nSPS) is 30.7. The highest BCUT2D eigenvalue weighted by molar-refractivity contribution is 5.76. The minimum Gasteiger partial charge on any atom is -0.483 e. The van der Waals surface area contributed by atoms with Gasteiger partial charge >= 0.3 is 0 Å². The summed E-state index contributed by atoms with van der Waals surface area (Å²) in [6, 6.07) is 11.0. The number of hydrogen-bond acceptors (Lipinski definition) is 7. The first-order valence-electron chi connectivity index (χ1n) is 10.7. The molecule has 31 heavy (non-hydrogen) atoms. The third kappa shape index (κ3) is 4.59. The van der Waals surface area contributed by atoms with Crippen molar-refractivity contribution in [2.24, 2.45) is 5.92 Å². The molecule has 5 heterocycles. The van der Waals surface area contributed by atoms with Gasteiger partial charge in [0.25, 0.3) is 6.47 Å². The summed E-state index contributed by atoms with van der Waals surface area (Å²) < 4.78 is 1.67. The maximum Gasteiger partial charge on any atom is 0.290 e. The lowest BCUT2D eigenvalue weighted by Gasteiger charge is -2.55. The molecule has 1 amide bonds. The number of amides is 1. The molecule has 2 N–H and O–H groups in total. The summed E-state index contributed by atoms with van der Waals surface area (Å²) in [5.74, 6) is 0.623. The van der Waals surface area contributed by atoms with Crippen LogP contribution in [0.15, 0.2) is 36.7 Å². The molecule has 2 aromatic rings. The van der Waals surface area contributed by atoms with E-state index in [1.54, 1.807) is 11.0 Å². The predicted octanol–water partition coefficient (Wildman–Crippen LogP) is -0.162. The summed E-state index contributed by atoms with van der Waals surface area (Å²) in [4.78, 5) is 26.4. The number of fused-ring (bicyclic) bond motifs is 1. The number of piperidine rings is 2. The maximum absolute atomic E-state index is 12.8. The van der Waals surface area contributed by atoms with Crippen LogP contribution < -0.4 is 5.32 Å². The molecule has 10 heteroatoms. The van der Waals surface area contributed by atoms with Gasteiger partial charge in [0.05, 0.1) is 0 Å². The van der Waals surface area contributed by atoms with E-state index in [1.807, 2.05) is 0 Å². The van der Waals surface area contributed by atoms with Gasteiger partial charge in [-0.3, -0.25) is 9.59 Å². The molecule has 0 aliphatic carbocycles. The van der Waals surface area contributed by atoms with Gasteiger partial charge in [0.2, 0.25) is 5.91 Å². The second kappa shape index (κ2) is 9.52. The molecule has 10 nitrogen and oxygen atoms in total. The molecule has 3 unspecified atom stereocenters. The minimum atomic E-state index is -0.250. The molecule has 1 aromatic heterocycles. The molecular formula is C21H29N7O3. The van der Waals surface area contributed by atoms with Gasteiger partial charge in [-0.2, -0.15) is 0 Å². The number of carboxylic acid groups (broad SMARTS) is 1. The zero-order valence-electron chi connectivity index (χ0n) is 17.5. The van der Waals surface area contributed by atoms with E-state index in [4.69, 9.17) is 9.90 Å². The Kier molecular flexibility index (Phi) is 6.57. The third-order valence-electron chi connectivity index (χ3n) is 6.64. The summed E-state index contributed by atoms with van der Waals surface area (Å²) in [5, 5.41) is 21.5. The molecule has 0 radical (unpaired) electrons. The number of carbonyl (C=O) groups excluding carboxylic acids is 1. The van der Waals surface area contributed by atoms with Crippen LogP contribution in [0.3, 0.4) is 0 Å². The van der Waals surface area contributed by atoms with Crippen molar-refractivity contribution in [1.82, 2.24) is 35.3 Å². The van der Waals surface area contributed by atoms with Crippen molar-refractivity contribution in [3.05, 3.63) is 42.2 Å². The lowest BCUT2D eigenvalue weighted by Crippen LogP contribution is -2.70. The third-order valence-corrected chi connectivity index (χ3v) is 6.64. The van der Waals surface area contributed by atoms with Crippen LogP contribution in [0.25, 0.3) is 0 Å². The van der Waals surface area contributed by atoms with E-state index in [9.17, 15) is 4.79 Å². The lowest BCUT2D eigenvalue weighted by molar-refractivity contribution is -0.125. The SMILES string of the molecule is O=C(CCCn1cnnn1)NC1C2CN3CCN(C2)CC1(c1ccccc1)C3.O=CO. The molecule has 4 bridgehead atoms. The quantitative estimate of drug-likeness (QED) is 0.611. The first-order chi connectivity index (χ1) is 15.1. The largest absolute Gasteiger partial charge is 0.483 e. The molecule has 3 atom stereocenters. The topological polar surface area (TPSA) is 116 Å². The molecule has 0 spiro atoms. The number of carbonyl (C=O) groups is 2. The Morgan fingerprint density at radius 3 is 2.48 bits per heavy atom. The Balaban J connectivity index is 0.000000730. The fourth-order valence-corrected chi connectivity index (χ4v) is 5.50. The van der Waals surface area contributed by atoms with Crippen LogP contribution in [-0.4, -0.2) is 92.8 Å². The average Bonchev–Trinajstić information content (AvgIpc) is 3.16. The predicted molar refractivity (Wildman–Crippen MR) is 112 cm³/mol. The van der Waals surface area contributed by atoms with E-state index in [0.29, 0.717) is 18.9 Å². The molecule has 4 aliphatic rings. The lowest BCUT2D eigenvalue weighted by atomic mass is 9.64. The van der Waals surface area contributed by atoms with Crippen molar-refractivity contribution in [3.8, 4) is 0 Å². The van der Waals surface area contributed by atoms with E-state index < -0.39 is 0 Å². The number of hydrogen-bond donors (Lipinski definition) is 2. The number of benzene rings is 1. The summed E-state index contributed by atoms with van der Waals surface area (Å²) in [6.07, 6.45) is 2.83. The minimum absolute atomic E-state index is 0.0234. The zero-order valence-corrected chi connectivity index (χ0v) is 17.5. The van der Waals surface area contributed by atoms with Crippen molar-refractivity contribution in [2.45, 2.75) is 30.8 Å². The van der Waals surface area contributed by atoms with Gasteiger partial charge in [-0.1, -0.05) is 30.3 Å². The summed E-state index contributed by atoms with van der Waals surface area (Å²) in [5.41, 5.74) is 1.33.